The molecule has 0 amide bonds. The molecule has 0 aliphatic rings. The Morgan fingerprint density at radius 2 is 1.48 bits per heavy atom. The molecule has 1 aromatic carbocycles. The van der Waals surface area contributed by atoms with Crippen LogP contribution in [0, 0.1) is 0 Å². The minimum absolute atomic E-state index is 0.101. The fraction of sp³-hybridized carbons (Fsp3) is 0.400. The highest BCUT2D eigenvalue weighted by Gasteiger charge is 2.08. The van der Waals surface area contributed by atoms with Crippen molar-refractivity contribution in [2.75, 3.05) is 29.5 Å². The van der Waals surface area contributed by atoms with Gasteiger partial charge in [0, 0.05) is 49.7 Å². The molecule has 0 radical (unpaired) electrons. The van der Waals surface area contributed by atoms with Gasteiger partial charge in [0.05, 0.1) is 0 Å². The van der Waals surface area contributed by atoms with Gasteiger partial charge in [-0.15, -0.1) is 0 Å². The van der Waals surface area contributed by atoms with Crippen LogP contribution in [0.4, 0.5) is 5.69 Å². The Morgan fingerprint density at radius 1 is 1.00 bits per heavy atom. The summed E-state index contributed by atoms with van der Waals surface area (Å²) in [5.74, 6) is 1.41. The molecule has 21 heavy (non-hydrogen) atoms. The summed E-state index contributed by atoms with van der Waals surface area (Å²) in [6, 6.07) is 7.32. The number of carbonyl (C=O) groups excluding carboxylic acids is 3. The lowest BCUT2D eigenvalue weighted by Crippen LogP contribution is -2.28. The van der Waals surface area contributed by atoms with E-state index in [9.17, 15) is 14.4 Å². The van der Waals surface area contributed by atoms with Gasteiger partial charge >= 0.3 is 0 Å². The molecule has 0 bridgehead atoms. The SMILES string of the molecule is CC(=O)SCCN(CCSC(C)=O)c1ccc(C=O)cc1. The first-order valence-electron chi connectivity index (χ1n) is 6.60. The smallest absolute Gasteiger partial charge is 0.185 e. The highest BCUT2D eigenvalue weighted by atomic mass is 32.2. The average molecular weight is 325 g/mol. The first kappa shape index (κ1) is 17.8. The van der Waals surface area contributed by atoms with E-state index in [2.05, 4.69) is 4.90 Å². The number of hydrogen-bond donors (Lipinski definition) is 0. The maximum absolute atomic E-state index is 11.0. The highest BCUT2D eigenvalue weighted by Crippen LogP contribution is 2.17. The summed E-state index contributed by atoms with van der Waals surface area (Å²) >= 11 is 2.58. The first-order valence-corrected chi connectivity index (χ1v) is 8.57. The van der Waals surface area contributed by atoms with Gasteiger partial charge in [-0.1, -0.05) is 23.5 Å². The van der Waals surface area contributed by atoms with Crippen molar-refractivity contribution in [1.29, 1.82) is 0 Å². The number of hydrogen-bond acceptors (Lipinski definition) is 6. The van der Waals surface area contributed by atoms with Crippen LogP contribution in [0.25, 0.3) is 0 Å². The minimum Gasteiger partial charge on any atom is -0.370 e. The molecule has 114 valence electrons. The summed E-state index contributed by atoms with van der Waals surface area (Å²) in [6.07, 6.45) is 0.811. The lowest BCUT2D eigenvalue weighted by atomic mass is 10.2. The van der Waals surface area contributed by atoms with Gasteiger partial charge in [0.15, 0.2) is 10.2 Å². The minimum atomic E-state index is 0.101. The van der Waals surface area contributed by atoms with Gasteiger partial charge in [-0.25, -0.2) is 0 Å². The maximum atomic E-state index is 11.0. The van der Waals surface area contributed by atoms with Crippen molar-refractivity contribution >= 4 is 45.7 Å². The molecule has 0 heterocycles. The van der Waals surface area contributed by atoms with Crippen LogP contribution in [-0.2, 0) is 9.59 Å². The number of anilines is 1. The molecule has 0 spiro atoms. The van der Waals surface area contributed by atoms with E-state index in [-0.39, 0.29) is 10.2 Å². The van der Waals surface area contributed by atoms with Crippen molar-refractivity contribution in [2.45, 2.75) is 13.8 Å². The quantitative estimate of drug-likeness (QED) is 0.685. The van der Waals surface area contributed by atoms with Crippen LogP contribution in [0.5, 0.6) is 0 Å². The summed E-state index contributed by atoms with van der Waals surface area (Å²) in [4.78, 5) is 34.8. The zero-order chi connectivity index (χ0) is 15.7. The first-order chi connectivity index (χ1) is 10.0. The number of benzene rings is 1. The van der Waals surface area contributed by atoms with Crippen LogP contribution in [-0.4, -0.2) is 41.1 Å². The average Bonchev–Trinajstić information content (AvgIpc) is 2.45. The van der Waals surface area contributed by atoms with Gasteiger partial charge in [0.1, 0.15) is 6.29 Å². The molecule has 0 saturated carbocycles. The van der Waals surface area contributed by atoms with E-state index in [0.717, 1.165) is 25.1 Å². The van der Waals surface area contributed by atoms with Crippen molar-refractivity contribution in [3.63, 3.8) is 0 Å². The summed E-state index contributed by atoms with van der Waals surface area (Å²) in [5.41, 5.74) is 1.63. The predicted octanol–water partition coefficient (Wildman–Crippen LogP) is 2.86. The van der Waals surface area contributed by atoms with E-state index in [1.165, 1.54) is 23.5 Å². The standard InChI is InChI=1S/C15H19NO3S2/c1-12(18)20-9-7-16(8-10-21-13(2)19)15-5-3-14(11-17)4-6-15/h3-6,11H,7-10H2,1-2H3. The van der Waals surface area contributed by atoms with Crippen LogP contribution in [0.1, 0.15) is 24.2 Å². The fourth-order valence-electron chi connectivity index (χ4n) is 1.73. The zero-order valence-corrected chi connectivity index (χ0v) is 13.8. The van der Waals surface area contributed by atoms with E-state index in [0.29, 0.717) is 17.1 Å². The topological polar surface area (TPSA) is 54.5 Å². The largest absolute Gasteiger partial charge is 0.370 e. The van der Waals surface area contributed by atoms with Gasteiger partial charge in [0.2, 0.25) is 0 Å². The Labute approximate surface area is 133 Å². The number of aldehydes is 1. The summed E-state index contributed by atoms with van der Waals surface area (Å²) in [7, 11) is 0. The van der Waals surface area contributed by atoms with Gasteiger partial charge in [-0.05, 0) is 24.3 Å². The van der Waals surface area contributed by atoms with Gasteiger partial charge in [0.25, 0.3) is 0 Å². The maximum Gasteiger partial charge on any atom is 0.185 e. The van der Waals surface area contributed by atoms with Crippen molar-refractivity contribution in [2.24, 2.45) is 0 Å². The third kappa shape index (κ3) is 7.34. The Balaban J connectivity index is 2.65. The predicted molar refractivity (Wildman–Crippen MR) is 90.3 cm³/mol. The third-order valence-corrected chi connectivity index (χ3v) is 4.31. The molecule has 6 heteroatoms. The molecule has 0 saturated heterocycles. The molecule has 1 rings (SSSR count). The van der Waals surface area contributed by atoms with E-state index in [4.69, 9.17) is 0 Å². The Morgan fingerprint density at radius 3 is 1.86 bits per heavy atom. The summed E-state index contributed by atoms with van der Waals surface area (Å²) < 4.78 is 0. The van der Waals surface area contributed by atoms with Gasteiger partial charge in [-0.3, -0.25) is 14.4 Å². The monoisotopic (exact) mass is 325 g/mol. The van der Waals surface area contributed by atoms with E-state index in [1.807, 2.05) is 12.1 Å². The van der Waals surface area contributed by atoms with Crippen molar-refractivity contribution in [1.82, 2.24) is 0 Å². The second-order valence-corrected chi connectivity index (χ2v) is 6.92. The van der Waals surface area contributed by atoms with Crippen molar-refractivity contribution < 1.29 is 14.4 Å². The molecule has 4 nitrogen and oxygen atoms in total. The fourth-order valence-corrected chi connectivity index (χ4v) is 2.93. The normalized spacial score (nSPS) is 10.2. The van der Waals surface area contributed by atoms with Crippen LogP contribution >= 0.6 is 23.5 Å². The molecule has 1 aromatic rings. The Hall–Kier alpha value is -1.27. The van der Waals surface area contributed by atoms with Gasteiger partial charge < -0.3 is 4.90 Å². The number of thioether (sulfide) groups is 2. The molecular formula is C15H19NO3S2. The molecule has 0 aromatic heterocycles. The van der Waals surface area contributed by atoms with E-state index in [1.54, 1.807) is 26.0 Å². The number of nitrogens with zero attached hydrogens (tertiary/aromatic N) is 1. The molecule has 0 aliphatic carbocycles. The Kier molecular flexibility index (Phi) is 8.15. The lowest BCUT2D eigenvalue weighted by Gasteiger charge is -2.24. The van der Waals surface area contributed by atoms with Crippen LogP contribution in [0.15, 0.2) is 24.3 Å². The third-order valence-electron chi connectivity index (χ3n) is 2.73. The highest BCUT2D eigenvalue weighted by molar-refractivity contribution is 8.13. The lowest BCUT2D eigenvalue weighted by molar-refractivity contribution is -0.109. The summed E-state index contributed by atoms with van der Waals surface area (Å²) in [6.45, 7) is 4.56. The molecule has 0 fully saturated rings. The zero-order valence-electron chi connectivity index (χ0n) is 12.2. The summed E-state index contributed by atoms with van der Waals surface area (Å²) in [5, 5.41) is 0.203. The van der Waals surface area contributed by atoms with E-state index < -0.39 is 0 Å². The number of rotatable bonds is 8. The molecule has 0 atom stereocenters. The van der Waals surface area contributed by atoms with Crippen molar-refractivity contribution in [3.8, 4) is 0 Å². The molecule has 0 unspecified atom stereocenters. The molecule has 0 N–H and O–H groups in total. The second kappa shape index (κ2) is 9.63. The van der Waals surface area contributed by atoms with Gasteiger partial charge in [-0.2, -0.15) is 0 Å². The number of carbonyl (C=O) groups is 3. The Bertz CT molecular complexity index is 468. The molecule has 0 aliphatic heterocycles. The molecular weight excluding hydrogens is 306 g/mol. The van der Waals surface area contributed by atoms with Crippen LogP contribution < -0.4 is 4.90 Å². The second-order valence-electron chi connectivity index (χ2n) is 4.38. The van der Waals surface area contributed by atoms with Crippen molar-refractivity contribution in [3.05, 3.63) is 29.8 Å². The van der Waals surface area contributed by atoms with E-state index >= 15 is 0 Å². The van der Waals surface area contributed by atoms with Crippen LogP contribution in [0.3, 0.4) is 0 Å². The van der Waals surface area contributed by atoms with Crippen LogP contribution in [0.2, 0.25) is 0 Å².